The van der Waals surface area contributed by atoms with E-state index in [1.165, 1.54) is 17.9 Å². The fourth-order valence-corrected chi connectivity index (χ4v) is 2.78. The average molecular weight is 194 g/mol. The number of hydrogen-bond donors (Lipinski definition) is 0. The Morgan fingerprint density at radius 2 is 2.10 bits per heavy atom. The Bertz CT molecular complexity index is 80.9. The molecule has 0 unspecified atom stereocenters. The normalized spacial score (nSPS) is 11.0. The van der Waals surface area contributed by atoms with E-state index in [4.69, 9.17) is 0 Å². The Hall–Kier alpha value is 0.790. The van der Waals surface area contributed by atoms with Crippen molar-refractivity contribution in [1.82, 2.24) is 0 Å². The van der Waals surface area contributed by atoms with Crippen LogP contribution in [-0.2, 0) is 0 Å². The molecule has 0 aliphatic heterocycles. The van der Waals surface area contributed by atoms with Gasteiger partial charge in [0.2, 0.25) is 0 Å². The van der Waals surface area contributed by atoms with Gasteiger partial charge in [0.25, 0.3) is 0 Å². The summed E-state index contributed by atoms with van der Waals surface area (Å²) in [6.07, 6.45) is 5.56. The summed E-state index contributed by atoms with van der Waals surface area (Å²) in [7, 11) is 3.76. The first-order chi connectivity index (χ1) is 4.91. The molecule has 0 radical (unpaired) electrons. The minimum absolute atomic E-state index is 1.27. The van der Waals surface area contributed by atoms with Gasteiger partial charge in [0.15, 0.2) is 0 Å². The molecule has 0 fully saturated rings. The maximum absolute atomic E-state index is 2.16. The minimum Gasteiger partial charge on any atom is -0.165 e. The van der Waals surface area contributed by atoms with E-state index >= 15 is 0 Å². The lowest BCUT2D eigenvalue weighted by Gasteiger charge is -1.94. The highest BCUT2D eigenvalue weighted by Crippen LogP contribution is 2.23. The third-order valence-electron chi connectivity index (χ3n) is 0.836. The lowest BCUT2D eigenvalue weighted by Crippen LogP contribution is -1.78. The number of thioether (sulfide) groups is 1. The van der Waals surface area contributed by atoms with E-state index in [1.807, 2.05) is 33.3 Å². The van der Waals surface area contributed by atoms with Crippen LogP contribution in [0.5, 0.6) is 0 Å². The Labute approximate surface area is 76.0 Å². The van der Waals surface area contributed by atoms with Crippen LogP contribution < -0.4 is 0 Å². The van der Waals surface area contributed by atoms with Gasteiger partial charge in [-0.05, 0) is 30.8 Å². The predicted molar refractivity (Wildman–Crippen MR) is 57.9 cm³/mol. The fraction of sp³-hybridized carbons (Fsp3) is 0.714. The van der Waals surface area contributed by atoms with Crippen LogP contribution in [-0.4, -0.2) is 17.8 Å². The molecule has 0 spiro atoms. The van der Waals surface area contributed by atoms with Crippen molar-refractivity contribution < 1.29 is 0 Å². The van der Waals surface area contributed by atoms with E-state index in [2.05, 4.69) is 24.7 Å². The first-order valence-electron chi connectivity index (χ1n) is 3.30. The second-order valence-electron chi connectivity index (χ2n) is 1.73. The van der Waals surface area contributed by atoms with E-state index in [-0.39, 0.29) is 0 Å². The van der Waals surface area contributed by atoms with Crippen LogP contribution >= 0.6 is 33.3 Å². The molecule has 3 heteroatoms. The minimum atomic E-state index is 1.27. The maximum atomic E-state index is 2.16. The highest BCUT2D eigenvalue weighted by molar-refractivity contribution is 8.77. The predicted octanol–water partition coefficient (Wildman–Crippen LogP) is 3.65. The van der Waals surface area contributed by atoms with Gasteiger partial charge in [0.1, 0.15) is 0 Å². The first kappa shape index (κ1) is 10.8. The largest absolute Gasteiger partial charge is 0.165 e. The molecule has 0 nitrogen and oxygen atoms in total. The van der Waals surface area contributed by atoms with Gasteiger partial charge in [-0.25, -0.2) is 0 Å². The third kappa shape index (κ3) is 8.79. The zero-order valence-electron chi connectivity index (χ0n) is 6.50. The van der Waals surface area contributed by atoms with Gasteiger partial charge >= 0.3 is 0 Å². The Morgan fingerprint density at radius 1 is 1.30 bits per heavy atom. The zero-order valence-corrected chi connectivity index (χ0v) is 8.95. The molecule has 0 atom stereocenters. The van der Waals surface area contributed by atoms with Gasteiger partial charge in [-0.15, -0.1) is 0 Å². The molecule has 0 heterocycles. The van der Waals surface area contributed by atoms with Crippen LogP contribution in [0, 0.1) is 0 Å². The summed E-state index contributed by atoms with van der Waals surface area (Å²) >= 11 is 1.92. The Kier molecular flexibility index (Phi) is 10.6. The quantitative estimate of drug-likeness (QED) is 0.468. The van der Waals surface area contributed by atoms with E-state index in [1.54, 1.807) is 0 Å². The Morgan fingerprint density at radius 3 is 2.70 bits per heavy atom. The Balaban J connectivity index is 2.77. The van der Waals surface area contributed by atoms with Crippen LogP contribution in [0.15, 0.2) is 11.5 Å². The summed E-state index contributed by atoms with van der Waals surface area (Å²) in [5.74, 6) is 2.57. The van der Waals surface area contributed by atoms with E-state index in [0.29, 0.717) is 0 Å². The molecular formula is C7H14S3. The van der Waals surface area contributed by atoms with Crippen LogP contribution in [0.4, 0.5) is 0 Å². The summed E-state index contributed by atoms with van der Waals surface area (Å²) in [5, 5.41) is 2.13. The van der Waals surface area contributed by atoms with Gasteiger partial charge in [0, 0.05) is 5.75 Å². The molecule has 0 aliphatic carbocycles. The van der Waals surface area contributed by atoms with Crippen molar-refractivity contribution in [2.45, 2.75) is 13.3 Å². The molecule has 0 amide bonds. The van der Waals surface area contributed by atoms with E-state index < -0.39 is 0 Å². The molecule has 0 saturated heterocycles. The van der Waals surface area contributed by atoms with Crippen molar-refractivity contribution in [3.05, 3.63) is 11.5 Å². The molecule has 0 aliphatic rings. The SMILES string of the molecule is CC=CSSCCCSC. The lowest BCUT2D eigenvalue weighted by atomic mass is 10.6. The smallest absolute Gasteiger partial charge is 0.00480 e. The van der Waals surface area contributed by atoms with Gasteiger partial charge in [-0.3, -0.25) is 0 Å². The molecular weight excluding hydrogens is 180 g/mol. The van der Waals surface area contributed by atoms with Gasteiger partial charge in [0.05, 0.1) is 0 Å². The van der Waals surface area contributed by atoms with Crippen LogP contribution in [0.25, 0.3) is 0 Å². The van der Waals surface area contributed by atoms with Crippen molar-refractivity contribution in [2.75, 3.05) is 17.8 Å². The third-order valence-corrected chi connectivity index (χ3v) is 3.75. The molecule has 0 bridgehead atoms. The maximum Gasteiger partial charge on any atom is 0.00480 e. The highest BCUT2D eigenvalue weighted by Gasteiger charge is 1.85. The molecule has 60 valence electrons. The monoisotopic (exact) mass is 194 g/mol. The van der Waals surface area contributed by atoms with Gasteiger partial charge in [-0.2, -0.15) is 11.8 Å². The molecule has 0 aromatic heterocycles. The highest BCUT2D eigenvalue weighted by atomic mass is 33.1. The summed E-state index contributed by atoms with van der Waals surface area (Å²) in [5.41, 5.74) is 0. The average Bonchev–Trinajstić information content (AvgIpc) is 1.97. The van der Waals surface area contributed by atoms with Gasteiger partial charge < -0.3 is 0 Å². The molecule has 0 saturated carbocycles. The van der Waals surface area contributed by atoms with Crippen molar-refractivity contribution in [3.8, 4) is 0 Å². The fourth-order valence-electron chi connectivity index (χ4n) is 0.405. The summed E-state index contributed by atoms with van der Waals surface area (Å²) in [6.45, 7) is 2.05. The standard InChI is InChI=1S/C7H14S3/c1-3-5-9-10-7-4-6-8-2/h3,5H,4,6-7H2,1-2H3. The summed E-state index contributed by atoms with van der Waals surface area (Å²) in [6, 6.07) is 0. The molecule has 0 rings (SSSR count). The van der Waals surface area contributed by atoms with E-state index in [9.17, 15) is 0 Å². The topological polar surface area (TPSA) is 0 Å². The molecule has 0 aromatic rings. The molecule has 0 N–H and O–H groups in total. The van der Waals surface area contributed by atoms with Crippen LogP contribution in [0.1, 0.15) is 13.3 Å². The number of allylic oxidation sites excluding steroid dienone is 1. The van der Waals surface area contributed by atoms with Crippen LogP contribution in [0.3, 0.4) is 0 Å². The van der Waals surface area contributed by atoms with Crippen molar-refractivity contribution in [1.29, 1.82) is 0 Å². The van der Waals surface area contributed by atoms with Crippen molar-refractivity contribution in [3.63, 3.8) is 0 Å². The van der Waals surface area contributed by atoms with Gasteiger partial charge in [-0.1, -0.05) is 27.7 Å². The second-order valence-corrected chi connectivity index (χ2v) is 5.11. The molecule has 10 heavy (non-hydrogen) atoms. The first-order valence-corrected chi connectivity index (χ1v) is 7.07. The summed E-state index contributed by atoms with van der Waals surface area (Å²) < 4.78 is 0. The number of hydrogen-bond acceptors (Lipinski definition) is 3. The summed E-state index contributed by atoms with van der Waals surface area (Å²) in [4.78, 5) is 0. The van der Waals surface area contributed by atoms with E-state index in [0.717, 1.165) is 0 Å². The zero-order chi connectivity index (χ0) is 7.66. The second kappa shape index (κ2) is 9.79. The molecule has 0 aromatic carbocycles. The van der Waals surface area contributed by atoms with Crippen LogP contribution in [0.2, 0.25) is 0 Å². The lowest BCUT2D eigenvalue weighted by molar-refractivity contribution is 1.13. The van der Waals surface area contributed by atoms with Crippen molar-refractivity contribution >= 4 is 33.3 Å². The van der Waals surface area contributed by atoms with Crippen molar-refractivity contribution in [2.24, 2.45) is 0 Å². The number of rotatable bonds is 6.